The largest absolute Gasteiger partial charge is 0.500 e. The van der Waals surface area contributed by atoms with Crippen LogP contribution in [0.2, 0.25) is 6.04 Å². The average molecular weight is 280 g/mol. The lowest BCUT2D eigenvalue weighted by atomic mass is 10.4. The number of carbonyl (C=O) groups excluding carboxylic acids is 1. The van der Waals surface area contributed by atoms with Crippen LogP contribution in [0.4, 0.5) is 0 Å². The zero-order chi connectivity index (χ0) is 14.6. The fourth-order valence-corrected chi connectivity index (χ4v) is 2.82. The minimum absolute atomic E-state index is 0.316. The van der Waals surface area contributed by atoms with E-state index in [1.54, 1.807) is 28.3 Å². The van der Waals surface area contributed by atoms with Gasteiger partial charge in [0.25, 0.3) is 0 Å². The summed E-state index contributed by atoms with van der Waals surface area (Å²) < 4.78 is 20.6. The molecule has 0 aliphatic rings. The highest BCUT2D eigenvalue weighted by atomic mass is 28.4. The molecule has 0 saturated carbocycles. The van der Waals surface area contributed by atoms with E-state index in [1.807, 2.05) is 0 Å². The maximum Gasteiger partial charge on any atom is 0.500 e. The molecule has 0 heterocycles. The first-order valence-corrected chi connectivity index (χ1v) is 7.37. The Bertz CT molecular complexity index is 231. The van der Waals surface area contributed by atoms with E-state index in [1.165, 1.54) is 0 Å². The molecule has 0 aromatic rings. The molecule has 0 fully saturated rings. The Hall–Kier alpha value is -0.733. The fourth-order valence-electron chi connectivity index (χ4n) is 1.13. The van der Waals surface area contributed by atoms with Crippen molar-refractivity contribution < 1.29 is 27.9 Å². The molecule has 0 spiro atoms. The van der Waals surface area contributed by atoms with Crippen molar-refractivity contribution >= 4 is 14.8 Å². The second kappa shape index (κ2) is 11.4. The smallest absolute Gasteiger partial charge is 0.462 e. The van der Waals surface area contributed by atoms with Gasteiger partial charge in [0, 0.05) is 40.1 Å². The molecule has 0 amide bonds. The molecule has 18 heavy (non-hydrogen) atoms. The zero-order valence-electron chi connectivity index (χ0n) is 11.8. The van der Waals surface area contributed by atoms with E-state index in [2.05, 4.69) is 6.58 Å². The van der Waals surface area contributed by atoms with Gasteiger partial charge in [-0.25, -0.2) is 4.79 Å². The Morgan fingerprint density at radius 2 is 1.61 bits per heavy atom. The highest BCUT2D eigenvalue weighted by molar-refractivity contribution is 6.60. The Kier molecular flexibility index (Phi) is 12.4. The van der Waals surface area contributed by atoms with Crippen molar-refractivity contribution in [2.24, 2.45) is 0 Å². The maximum atomic E-state index is 11.1. The molecule has 0 bridgehead atoms. The van der Waals surface area contributed by atoms with Crippen LogP contribution >= 0.6 is 0 Å². The molecule has 0 atom stereocenters. The standard InChI is InChI=1S/C10H20O5Si.CH4O/c1-9(2)10(11)15-7-6-8-16(12-3,13-4)14-5;1-2/h1,6-8H2,2-5H3;2H,1H3. The van der Waals surface area contributed by atoms with Crippen molar-refractivity contribution in [3.8, 4) is 0 Å². The normalized spacial score (nSPS) is 10.3. The van der Waals surface area contributed by atoms with Crippen molar-refractivity contribution in [3.63, 3.8) is 0 Å². The number of aliphatic hydroxyl groups excluding tert-OH is 1. The van der Waals surface area contributed by atoms with Gasteiger partial charge in [-0.05, 0) is 13.3 Å². The van der Waals surface area contributed by atoms with Gasteiger partial charge in [0.1, 0.15) is 0 Å². The molecule has 108 valence electrons. The van der Waals surface area contributed by atoms with Crippen molar-refractivity contribution in [1.29, 1.82) is 0 Å². The van der Waals surface area contributed by atoms with Crippen molar-refractivity contribution in [2.45, 2.75) is 19.4 Å². The number of hydrogen-bond donors (Lipinski definition) is 1. The first-order valence-electron chi connectivity index (χ1n) is 5.44. The van der Waals surface area contributed by atoms with Crippen LogP contribution in [0.25, 0.3) is 0 Å². The molecule has 0 aliphatic carbocycles. The lowest BCUT2D eigenvalue weighted by Crippen LogP contribution is -2.42. The van der Waals surface area contributed by atoms with Crippen LogP contribution in [0, 0.1) is 0 Å². The summed E-state index contributed by atoms with van der Waals surface area (Å²) in [7, 11) is 3.13. The van der Waals surface area contributed by atoms with Crippen molar-refractivity contribution in [2.75, 3.05) is 35.0 Å². The molecular weight excluding hydrogens is 256 g/mol. The van der Waals surface area contributed by atoms with Gasteiger partial charge in [0.15, 0.2) is 0 Å². The van der Waals surface area contributed by atoms with Gasteiger partial charge in [-0.2, -0.15) is 0 Å². The van der Waals surface area contributed by atoms with Gasteiger partial charge >= 0.3 is 14.8 Å². The summed E-state index contributed by atoms with van der Waals surface area (Å²) >= 11 is 0. The minimum Gasteiger partial charge on any atom is -0.462 e. The molecule has 6 nitrogen and oxygen atoms in total. The van der Waals surface area contributed by atoms with Gasteiger partial charge in [-0.3, -0.25) is 0 Å². The summed E-state index contributed by atoms with van der Waals surface area (Å²) in [5.41, 5.74) is 0.397. The third-order valence-electron chi connectivity index (χ3n) is 2.14. The van der Waals surface area contributed by atoms with Crippen LogP contribution < -0.4 is 0 Å². The van der Waals surface area contributed by atoms with Gasteiger partial charge < -0.3 is 23.1 Å². The van der Waals surface area contributed by atoms with E-state index in [9.17, 15) is 4.79 Å². The van der Waals surface area contributed by atoms with Crippen molar-refractivity contribution in [3.05, 3.63) is 12.2 Å². The van der Waals surface area contributed by atoms with E-state index >= 15 is 0 Å². The molecule has 0 aliphatic heterocycles. The van der Waals surface area contributed by atoms with Gasteiger partial charge in [0.2, 0.25) is 0 Å². The SMILES string of the molecule is C=C(C)C(=O)OCCC[Si](OC)(OC)OC.CO. The first-order chi connectivity index (χ1) is 8.51. The van der Waals surface area contributed by atoms with Crippen LogP contribution in [0.5, 0.6) is 0 Å². The Labute approximate surface area is 110 Å². The number of esters is 1. The summed E-state index contributed by atoms with van der Waals surface area (Å²) in [5.74, 6) is -0.375. The average Bonchev–Trinajstić information content (AvgIpc) is 2.41. The summed E-state index contributed by atoms with van der Waals surface area (Å²) in [6.45, 7) is 5.42. The van der Waals surface area contributed by atoms with Crippen molar-refractivity contribution in [1.82, 2.24) is 0 Å². The Morgan fingerprint density at radius 1 is 1.17 bits per heavy atom. The second-order valence-electron chi connectivity index (χ2n) is 3.32. The summed E-state index contributed by atoms with van der Waals surface area (Å²) in [5, 5.41) is 7.00. The molecule has 0 aromatic carbocycles. The lowest BCUT2D eigenvalue weighted by molar-refractivity contribution is -0.139. The maximum absolute atomic E-state index is 11.1. The first kappa shape index (κ1) is 19.6. The molecule has 1 N–H and O–H groups in total. The van der Waals surface area contributed by atoms with Crippen LogP contribution in [0.3, 0.4) is 0 Å². The monoisotopic (exact) mass is 280 g/mol. The van der Waals surface area contributed by atoms with Gasteiger partial charge in [-0.15, -0.1) is 0 Å². The molecule has 0 unspecified atom stereocenters. The molecular formula is C11H24O6Si. The summed E-state index contributed by atoms with van der Waals surface area (Å²) in [6.07, 6.45) is 0.640. The lowest BCUT2D eigenvalue weighted by Gasteiger charge is -2.24. The summed E-state index contributed by atoms with van der Waals surface area (Å²) in [6, 6.07) is 0.611. The van der Waals surface area contributed by atoms with E-state index in [-0.39, 0.29) is 5.97 Å². The zero-order valence-corrected chi connectivity index (χ0v) is 12.8. The summed E-state index contributed by atoms with van der Waals surface area (Å²) in [4.78, 5) is 11.1. The number of rotatable bonds is 8. The number of hydrogen-bond acceptors (Lipinski definition) is 6. The number of aliphatic hydroxyl groups is 1. The highest BCUT2D eigenvalue weighted by Crippen LogP contribution is 2.14. The van der Waals surface area contributed by atoms with Crippen LogP contribution in [0.1, 0.15) is 13.3 Å². The molecule has 0 radical (unpaired) electrons. The molecule has 0 saturated heterocycles. The molecule has 7 heteroatoms. The van der Waals surface area contributed by atoms with Crippen LogP contribution in [-0.4, -0.2) is 54.9 Å². The van der Waals surface area contributed by atoms with Crippen LogP contribution in [0.15, 0.2) is 12.2 Å². The quantitative estimate of drug-likeness (QED) is 0.309. The predicted octanol–water partition coefficient (Wildman–Crippen LogP) is 0.982. The third kappa shape index (κ3) is 7.57. The number of ether oxygens (including phenoxy) is 1. The van der Waals surface area contributed by atoms with Crippen LogP contribution in [-0.2, 0) is 22.8 Å². The van der Waals surface area contributed by atoms with Gasteiger partial charge in [0.05, 0.1) is 6.61 Å². The Morgan fingerprint density at radius 3 is 1.94 bits per heavy atom. The fraction of sp³-hybridized carbons (Fsp3) is 0.727. The van der Waals surface area contributed by atoms with E-state index in [4.69, 9.17) is 23.1 Å². The van der Waals surface area contributed by atoms with E-state index in [0.29, 0.717) is 24.6 Å². The van der Waals surface area contributed by atoms with E-state index < -0.39 is 8.80 Å². The van der Waals surface area contributed by atoms with Gasteiger partial charge in [-0.1, -0.05) is 6.58 Å². The predicted molar refractivity (Wildman–Crippen MR) is 70.1 cm³/mol. The second-order valence-corrected chi connectivity index (χ2v) is 6.41. The Balaban J connectivity index is 0. The van der Waals surface area contributed by atoms with E-state index in [0.717, 1.165) is 7.11 Å². The topological polar surface area (TPSA) is 74.2 Å². The molecule has 0 rings (SSSR count). The minimum atomic E-state index is -2.53. The highest BCUT2D eigenvalue weighted by Gasteiger charge is 2.36. The molecule has 0 aromatic heterocycles. The number of carbonyl (C=O) groups is 1. The third-order valence-corrected chi connectivity index (χ3v) is 4.97.